The first kappa shape index (κ1) is 14.6. The van der Waals surface area contributed by atoms with Crippen LogP contribution >= 0.6 is 0 Å². The molecule has 1 saturated carbocycles. The summed E-state index contributed by atoms with van der Waals surface area (Å²) in [6, 6.07) is 10.0. The SMILES string of the molecule is CC(=O)NCCNC(=O)C1(c2ccccc2)CCCC1. The maximum absolute atomic E-state index is 12.6. The predicted octanol–water partition coefficient (Wildman–Crippen LogP) is 1.75. The van der Waals surface area contributed by atoms with Gasteiger partial charge < -0.3 is 10.6 Å². The molecule has 20 heavy (non-hydrogen) atoms. The van der Waals surface area contributed by atoms with Crippen LogP contribution in [0.1, 0.15) is 38.2 Å². The second kappa shape index (κ2) is 6.55. The third kappa shape index (κ3) is 3.18. The summed E-state index contributed by atoms with van der Waals surface area (Å²) in [5.74, 6) is 0.0180. The molecule has 0 radical (unpaired) electrons. The molecule has 108 valence electrons. The number of benzene rings is 1. The summed E-state index contributed by atoms with van der Waals surface area (Å²) in [6.07, 6.45) is 3.99. The van der Waals surface area contributed by atoms with Crippen LogP contribution in [0.15, 0.2) is 30.3 Å². The van der Waals surface area contributed by atoms with Gasteiger partial charge in [0.05, 0.1) is 5.41 Å². The summed E-state index contributed by atoms with van der Waals surface area (Å²) in [6.45, 7) is 2.43. The fraction of sp³-hybridized carbons (Fsp3) is 0.500. The van der Waals surface area contributed by atoms with E-state index in [1.165, 1.54) is 6.92 Å². The van der Waals surface area contributed by atoms with Crippen molar-refractivity contribution < 1.29 is 9.59 Å². The molecule has 1 aliphatic rings. The van der Waals surface area contributed by atoms with Crippen LogP contribution in [0.3, 0.4) is 0 Å². The quantitative estimate of drug-likeness (QED) is 0.804. The topological polar surface area (TPSA) is 58.2 Å². The molecule has 2 N–H and O–H groups in total. The molecule has 4 heteroatoms. The maximum Gasteiger partial charge on any atom is 0.230 e. The van der Waals surface area contributed by atoms with Crippen LogP contribution in [0.5, 0.6) is 0 Å². The molecule has 0 spiro atoms. The van der Waals surface area contributed by atoms with E-state index in [0.29, 0.717) is 13.1 Å². The van der Waals surface area contributed by atoms with Crippen LogP contribution in [-0.4, -0.2) is 24.9 Å². The Hall–Kier alpha value is -1.84. The van der Waals surface area contributed by atoms with Gasteiger partial charge in [-0.25, -0.2) is 0 Å². The first-order chi connectivity index (χ1) is 9.65. The van der Waals surface area contributed by atoms with Gasteiger partial charge in [-0.1, -0.05) is 43.2 Å². The number of amides is 2. The molecule has 0 saturated heterocycles. The van der Waals surface area contributed by atoms with Gasteiger partial charge in [0.2, 0.25) is 11.8 Å². The summed E-state index contributed by atoms with van der Waals surface area (Å²) in [7, 11) is 0. The van der Waals surface area contributed by atoms with Gasteiger partial charge in [0, 0.05) is 20.0 Å². The van der Waals surface area contributed by atoms with E-state index in [1.807, 2.05) is 30.3 Å². The van der Waals surface area contributed by atoms with Crippen LogP contribution in [0.2, 0.25) is 0 Å². The Bertz CT molecular complexity index is 465. The minimum Gasteiger partial charge on any atom is -0.355 e. The lowest BCUT2D eigenvalue weighted by Crippen LogP contribution is -2.45. The molecule has 0 bridgehead atoms. The molecule has 0 atom stereocenters. The first-order valence-electron chi connectivity index (χ1n) is 7.23. The number of hydrogen-bond donors (Lipinski definition) is 2. The van der Waals surface area contributed by atoms with Crippen molar-refractivity contribution in [3.05, 3.63) is 35.9 Å². The van der Waals surface area contributed by atoms with Crippen molar-refractivity contribution >= 4 is 11.8 Å². The number of carbonyl (C=O) groups excluding carboxylic acids is 2. The Morgan fingerprint density at radius 3 is 2.25 bits per heavy atom. The molecule has 0 heterocycles. The zero-order valence-electron chi connectivity index (χ0n) is 11.9. The smallest absolute Gasteiger partial charge is 0.230 e. The molecule has 4 nitrogen and oxygen atoms in total. The van der Waals surface area contributed by atoms with E-state index in [9.17, 15) is 9.59 Å². The lowest BCUT2D eigenvalue weighted by atomic mass is 9.78. The normalized spacial score (nSPS) is 16.6. The third-order valence-electron chi connectivity index (χ3n) is 4.00. The van der Waals surface area contributed by atoms with E-state index in [0.717, 1.165) is 31.2 Å². The van der Waals surface area contributed by atoms with Gasteiger partial charge in [-0.05, 0) is 18.4 Å². The number of hydrogen-bond acceptors (Lipinski definition) is 2. The summed E-state index contributed by atoms with van der Waals surface area (Å²) in [5, 5.41) is 5.66. The van der Waals surface area contributed by atoms with Crippen molar-refractivity contribution in [2.75, 3.05) is 13.1 Å². The highest BCUT2D eigenvalue weighted by molar-refractivity contribution is 5.88. The van der Waals surface area contributed by atoms with E-state index in [2.05, 4.69) is 10.6 Å². The largest absolute Gasteiger partial charge is 0.355 e. The molecule has 2 rings (SSSR count). The average molecular weight is 274 g/mol. The summed E-state index contributed by atoms with van der Waals surface area (Å²) < 4.78 is 0. The Morgan fingerprint density at radius 1 is 1.05 bits per heavy atom. The van der Waals surface area contributed by atoms with E-state index < -0.39 is 0 Å². The second-order valence-corrected chi connectivity index (χ2v) is 5.39. The third-order valence-corrected chi connectivity index (χ3v) is 4.00. The summed E-state index contributed by atoms with van der Waals surface area (Å²) in [5.41, 5.74) is 0.729. The van der Waals surface area contributed by atoms with Gasteiger partial charge in [-0.2, -0.15) is 0 Å². The molecule has 1 aromatic rings. The lowest BCUT2D eigenvalue weighted by Gasteiger charge is -2.28. The zero-order chi connectivity index (χ0) is 14.4. The molecule has 0 aromatic heterocycles. The zero-order valence-corrected chi connectivity index (χ0v) is 11.9. The highest BCUT2D eigenvalue weighted by Crippen LogP contribution is 2.41. The molecule has 1 fully saturated rings. The van der Waals surface area contributed by atoms with Crippen LogP contribution in [0.25, 0.3) is 0 Å². The second-order valence-electron chi connectivity index (χ2n) is 5.39. The number of rotatable bonds is 5. The van der Waals surface area contributed by atoms with E-state index >= 15 is 0 Å². The van der Waals surface area contributed by atoms with Crippen molar-refractivity contribution in [1.29, 1.82) is 0 Å². The van der Waals surface area contributed by atoms with E-state index in [4.69, 9.17) is 0 Å². The Labute approximate surface area is 119 Å². The Balaban J connectivity index is 2.02. The monoisotopic (exact) mass is 274 g/mol. The fourth-order valence-corrected chi connectivity index (χ4v) is 2.97. The van der Waals surface area contributed by atoms with E-state index in [1.54, 1.807) is 0 Å². The fourth-order valence-electron chi connectivity index (χ4n) is 2.97. The van der Waals surface area contributed by atoms with Crippen LogP contribution in [0.4, 0.5) is 0 Å². The van der Waals surface area contributed by atoms with Crippen molar-refractivity contribution in [2.24, 2.45) is 0 Å². The van der Waals surface area contributed by atoms with Gasteiger partial charge in [0.15, 0.2) is 0 Å². The highest BCUT2D eigenvalue weighted by Gasteiger charge is 2.42. The highest BCUT2D eigenvalue weighted by atomic mass is 16.2. The molecule has 0 aliphatic heterocycles. The molecular weight excluding hydrogens is 252 g/mol. The Morgan fingerprint density at radius 2 is 1.65 bits per heavy atom. The van der Waals surface area contributed by atoms with Crippen LogP contribution in [0, 0.1) is 0 Å². The van der Waals surface area contributed by atoms with Gasteiger partial charge in [-0.15, -0.1) is 0 Å². The molecule has 1 aromatic carbocycles. The minimum absolute atomic E-state index is 0.0714. The Kier molecular flexibility index (Phi) is 4.77. The number of carbonyl (C=O) groups is 2. The van der Waals surface area contributed by atoms with Gasteiger partial charge >= 0.3 is 0 Å². The molecular formula is C16H22N2O2. The predicted molar refractivity (Wildman–Crippen MR) is 78.3 cm³/mol. The number of nitrogens with one attached hydrogen (secondary N) is 2. The molecule has 2 amide bonds. The van der Waals surface area contributed by atoms with Crippen molar-refractivity contribution in [2.45, 2.75) is 38.0 Å². The summed E-state index contributed by atoms with van der Waals surface area (Å²) in [4.78, 5) is 23.4. The van der Waals surface area contributed by atoms with Crippen LogP contribution in [-0.2, 0) is 15.0 Å². The lowest BCUT2D eigenvalue weighted by molar-refractivity contribution is -0.127. The average Bonchev–Trinajstić information content (AvgIpc) is 2.95. The maximum atomic E-state index is 12.6. The van der Waals surface area contributed by atoms with Crippen molar-refractivity contribution in [1.82, 2.24) is 10.6 Å². The standard InChI is InChI=1S/C16H22N2O2/c1-13(19)17-11-12-18-15(20)16(9-5-6-10-16)14-7-3-2-4-8-14/h2-4,7-8H,5-6,9-12H2,1H3,(H,17,19)(H,18,20). The van der Waals surface area contributed by atoms with Crippen LogP contribution < -0.4 is 10.6 Å². The van der Waals surface area contributed by atoms with Crippen molar-refractivity contribution in [3.63, 3.8) is 0 Å². The van der Waals surface area contributed by atoms with Gasteiger partial charge in [-0.3, -0.25) is 9.59 Å². The molecule has 1 aliphatic carbocycles. The van der Waals surface area contributed by atoms with E-state index in [-0.39, 0.29) is 17.2 Å². The molecule has 0 unspecified atom stereocenters. The summed E-state index contributed by atoms with van der Waals surface area (Å²) >= 11 is 0. The minimum atomic E-state index is -0.377. The first-order valence-corrected chi connectivity index (χ1v) is 7.23. The van der Waals surface area contributed by atoms with Crippen molar-refractivity contribution in [3.8, 4) is 0 Å². The van der Waals surface area contributed by atoms with Gasteiger partial charge in [0.25, 0.3) is 0 Å². The van der Waals surface area contributed by atoms with Gasteiger partial charge in [0.1, 0.15) is 0 Å².